The predicted octanol–water partition coefficient (Wildman–Crippen LogP) is 3.65. The van der Waals surface area contributed by atoms with Crippen molar-refractivity contribution in [3.63, 3.8) is 0 Å². The molecule has 1 saturated heterocycles. The van der Waals surface area contributed by atoms with Gasteiger partial charge in [0.25, 0.3) is 11.1 Å². The molecule has 0 radical (unpaired) electrons. The molecule has 3 N–H and O–H groups in total. The Morgan fingerprint density at radius 3 is 2.60 bits per heavy atom. The van der Waals surface area contributed by atoms with E-state index in [9.17, 15) is 22.8 Å². The molecule has 1 aliphatic carbocycles. The van der Waals surface area contributed by atoms with E-state index >= 15 is 0 Å². The predicted molar refractivity (Wildman–Crippen MR) is 123 cm³/mol. The average Bonchev–Trinajstić information content (AvgIpc) is 3.14. The molecule has 0 atom stereocenters. The van der Waals surface area contributed by atoms with E-state index in [2.05, 4.69) is 30.9 Å². The van der Waals surface area contributed by atoms with Crippen LogP contribution in [0.1, 0.15) is 36.9 Å². The van der Waals surface area contributed by atoms with Crippen molar-refractivity contribution in [2.75, 3.05) is 11.9 Å². The van der Waals surface area contributed by atoms with Gasteiger partial charge in [-0.25, -0.2) is 15.0 Å². The number of carbonyl (C=O) groups excluding carboxylic acids is 2. The van der Waals surface area contributed by atoms with Crippen LogP contribution in [0.15, 0.2) is 35.5 Å². The summed E-state index contributed by atoms with van der Waals surface area (Å²) >= 11 is 0.830. The third kappa shape index (κ3) is 7.39. The van der Waals surface area contributed by atoms with Crippen LogP contribution >= 0.6 is 11.8 Å². The van der Waals surface area contributed by atoms with Gasteiger partial charge in [0.05, 0.1) is 10.6 Å². The monoisotopic (exact) mass is 508 g/mol. The number of amides is 2. The highest BCUT2D eigenvalue weighted by molar-refractivity contribution is 8.18. The molecule has 1 saturated carbocycles. The molecule has 9 nitrogen and oxygen atoms in total. The van der Waals surface area contributed by atoms with Gasteiger partial charge in [0, 0.05) is 36.6 Å². The van der Waals surface area contributed by atoms with Crippen molar-refractivity contribution in [1.82, 2.24) is 25.6 Å². The van der Waals surface area contributed by atoms with E-state index in [1.807, 2.05) is 0 Å². The first-order chi connectivity index (χ1) is 16.7. The summed E-state index contributed by atoms with van der Waals surface area (Å²) < 4.78 is 42.3. The van der Waals surface area contributed by atoms with Gasteiger partial charge >= 0.3 is 6.18 Å². The maximum atomic E-state index is 12.5. The number of aromatic nitrogens is 3. The number of pyridine rings is 1. The normalized spacial score (nSPS) is 21.7. The molecule has 1 aliphatic heterocycles. The first-order valence-electron chi connectivity index (χ1n) is 11.0. The quantitative estimate of drug-likeness (QED) is 0.459. The van der Waals surface area contributed by atoms with Gasteiger partial charge < -0.3 is 15.4 Å². The zero-order valence-corrected chi connectivity index (χ0v) is 19.3. The summed E-state index contributed by atoms with van der Waals surface area (Å²) in [5.74, 6) is -0.0194. The lowest BCUT2D eigenvalue weighted by atomic mass is 9.91. The highest BCUT2D eigenvalue weighted by Gasteiger charge is 2.29. The van der Waals surface area contributed by atoms with Crippen LogP contribution in [0.4, 0.5) is 23.9 Å². The van der Waals surface area contributed by atoms with Crippen LogP contribution in [0.25, 0.3) is 6.08 Å². The summed E-state index contributed by atoms with van der Waals surface area (Å²) in [6.45, 7) is -1.02. The minimum absolute atomic E-state index is 0.0162. The van der Waals surface area contributed by atoms with Crippen molar-refractivity contribution in [1.29, 1.82) is 0 Å². The second kappa shape index (κ2) is 11.0. The average molecular weight is 509 g/mol. The van der Waals surface area contributed by atoms with Gasteiger partial charge in [-0.3, -0.25) is 14.9 Å². The number of halogens is 3. The molecular weight excluding hydrogens is 485 g/mol. The number of carbonyl (C=O) groups is 2. The Hall–Kier alpha value is -3.19. The van der Waals surface area contributed by atoms with E-state index in [1.54, 1.807) is 30.5 Å². The molecule has 0 spiro atoms. The fraction of sp³-hybridized carbons (Fsp3) is 0.409. The SMILES string of the molecule is O=C1NC(=O)/C(=C/c2ccnc(NC3CCC(NCc4cccnc4OCC(F)(F)F)CC3)n2)S1. The number of ether oxygens (including phenoxy) is 1. The molecule has 0 unspecified atom stereocenters. The van der Waals surface area contributed by atoms with E-state index in [1.165, 1.54) is 6.20 Å². The number of hydrogen-bond donors (Lipinski definition) is 3. The topological polar surface area (TPSA) is 118 Å². The largest absolute Gasteiger partial charge is 0.468 e. The molecule has 13 heteroatoms. The third-order valence-corrected chi connectivity index (χ3v) is 6.27. The Morgan fingerprint density at radius 2 is 1.89 bits per heavy atom. The van der Waals surface area contributed by atoms with Gasteiger partial charge in [0.15, 0.2) is 6.61 Å². The molecule has 0 aromatic carbocycles. The van der Waals surface area contributed by atoms with Gasteiger partial charge in [-0.05, 0) is 55.7 Å². The lowest BCUT2D eigenvalue weighted by Crippen LogP contribution is -2.37. The van der Waals surface area contributed by atoms with E-state index in [4.69, 9.17) is 4.74 Å². The van der Waals surface area contributed by atoms with Gasteiger partial charge in [0.2, 0.25) is 11.8 Å². The zero-order chi connectivity index (χ0) is 24.8. The second-order valence-corrected chi connectivity index (χ2v) is 9.12. The molecule has 4 rings (SSSR count). The number of nitrogens with zero attached hydrogens (tertiary/aromatic N) is 3. The lowest BCUT2D eigenvalue weighted by molar-refractivity contribution is -0.154. The summed E-state index contributed by atoms with van der Waals surface area (Å²) in [5.41, 5.74) is 1.09. The van der Waals surface area contributed by atoms with Crippen LogP contribution in [-0.4, -0.2) is 51.0 Å². The van der Waals surface area contributed by atoms with Gasteiger partial charge in [0.1, 0.15) is 0 Å². The molecule has 2 fully saturated rings. The van der Waals surface area contributed by atoms with Crippen molar-refractivity contribution in [2.24, 2.45) is 0 Å². The summed E-state index contributed by atoms with van der Waals surface area (Å²) in [6.07, 6.45) is 3.54. The number of alkyl halides is 3. The zero-order valence-electron chi connectivity index (χ0n) is 18.5. The minimum atomic E-state index is -4.42. The Balaban J connectivity index is 1.26. The van der Waals surface area contributed by atoms with Crippen molar-refractivity contribution in [3.8, 4) is 5.88 Å². The van der Waals surface area contributed by atoms with Gasteiger partial charge in [-0.15, -0.1) is 0 Å². The number of rotatable bonds is 8. The van der Waals surface area contributed by atoms with Crippen LogP contribution in [0.5, 0.6) is 5.88 Å². The van der Waals surface area contributed by atoms with Crippen LogP contribution in [-0.2, 0) is 11.3 Å². The van der Waals surface area contributed by atoms with Crippen LogP contribution in [0.3, 0.4) is 0 Å². The lowest BCUT2D eigenvalue weighted by Gasteiger charge is -2.30. The van der Waals surface area contributed by atoms with Crippen molar-refractivity contribution in [3.05, 3.63) is 46.8 Å². The second-order valence-electron chi connectivity index (χ2n) is 8.10. The highest BCUT2D eigenvalue weighted by Crippen LogP contribution is 2.26. The van der Waals surface area contributed by atoms with E-state index in [0.29, 0.717) is 23.8 Å². The smallest absolute Gasteiger partial charge is 0.422 e. The molecule has 2 aromatic rings. The summed E-state index contributed by atoms with van der Waals surface area (Å²) in [4.78, 5) is 35.9. The van der Waals surface area contributed by atoms with Crippen LogP contribution in [0, 0.1) is 0 Å². The molecule has 2 aliphatic rings. The number of thioether (sulfide) groups is 1. The van der Waals surface area contributed by atoms with E-state index < -0.39 is 23.9 Å². The Kier molecular flexibility index (Phi) is 7.86. The Morgan fingerprint density at radius 1 is 1.11 bits per heavy atom. The van der Waals surface area contributed by atoms with Crippen molar-refractivity contribution < 1.29 is 27.5 Å². The standard InChI is InChI=1S/C22H23F3N6O3S/c23-22(24,25)12-34-19-13(2-1-8-26-19)11-28-14-3-5-15(6-4-14)29-20-27-9-7-16(30-20)10-17-18(32)31-21(33)35-17/h1-2,7-10,14-15,28H,3-6,11-12H2,(H,27,29,30)(H,31,32,33)/b17-10-. The first kappa shape index (κ1) is 24.9. The summed E-state index contributed by atoms with van der Waals surface area (Å²) in [6, 6.07) is 5.38. The number of nitrogens with one attached hydrogen (secondary N) is 3. The van der Waals surface area contributed by atoms with Gasteiger partial charge in [-0.2, -0.15) is 13.2 Å². The maximum absolute atomic E-state index is 12.5. The van der Waals surface area contributed by atoms with Gasteiger partial charge in [-0.1, -0.05) is 6.07 Å². The molecule has 0 bridgehead atoms. The minimum Gasteiger partial charge on any atom is -0.468 e. The van der Waals surface area contributed by atoms with E-state index in [-0.39, 0.29) is 22.9 Å². The molecule has 186 valence electrons. The summed E-state index contributed by atoms with van der Waals surface area (Å²) in [7, 11) is 0. The summed E-state index contributed by atoms with van der Waals surface area (Å²) in [5, 5.41) is 8.49. The number of hydrogen-bond acceptors (Lipinski definition) is 9. The fourth-order valence-corrected chi connectivity index (χ4v) is 4.46. The van der Waals surface area contributed by atoms with Crippen molar-refractivity contribution >= 4 is 34.9 Å². The van der Waals surface area contributed by atoms with Crippen LogP contribution in [0.2, 0.25) is 0 Å². The molecule has 2 amide bonds. The third-order valence-electron chi connectivity index (χ3n) is 5.46. The molecule has 2 aromatic heterocycles. The first-order valence-corrected chi connectivity index (χ1v) is 11.8. The Labute approximate surface area is 203 Å². The molecule has 35 heavy (non-hydrogen) atoms. The maximum Gasteiger partial charge on any atom is 0.422 e. The number of imide groups is 1. The highest BCUT2D eigenvalue weighted by atomic mass is 32.2. The van der Waals surface area contributed by atoms with Crippen LogP contribution < -0.4 is 20.7 Å². The fourth-order valence-electron chi connectivity index (χ4n) is 3.80. The Bertz CT molecular complexity index is 1110. The van der Waals surface area contributed by atoms with Crippen molar-refractivity contribution in [2.45, 2.75) is 50.5 Å². The molecular formula is C22H23F3N6O3S. The molecule has 3 heterocycles. The van der Waals surface area contributed by atoms with E-state index in [0.717, 1.165) is 37.4 Å². The number of anilines is 1.